The van der Waals surface area contributed by atoms with Crippen molar-refractivity contribution in [3.05, 3.63) is 10.4 Å². The van der Waals surface area contributed by atoms with Gasteiger partial charge in [0.15, 0.2) is 0 Å². The average Bonchev–Trinajstić information content (AvgIpc) is 1.96. The maximum atomic E-state index is 7.97. The molecule has 0 atom stereocenters. The third-order valence-corrected chi connectivity index (χ3v) is 1.60. The van der Waals surface area contributed by atoms with Gasteiger partial charge in [0.2, 0.25) is 0 Å². The van der Waals surface area contributed by atoms with Crippen LogP contribution in [0.2, 0.25) is 0 Å². The summed E-state index contributed by atoms with van der Waals surface area (Å²) in [6, 6.07) is 0. The molecule has 0 spiro atoms. The summed E-state index contributed by atoms with van der Waals surface area (Å²) in [6.07, 6.45) is 4.78. The van der Waals surface area contributed by atoms with Crippen LogP contribution >= 0.6 is 0 Å². The molecule has 0 aromatic carbocycles. The van der Waals surface area contributed by atoms with Crippen LogP contribution in [0.25, 0.3) is 10.4 Å². The summed E-state index contributed by atoms with van der Waals surface area (Å²) < 4.78 is 0. The molecule has 0 aliphatic carbocycles. The fraction of sp³-hybridized carbons (Fsp3) is 1.00. The van der Waals surface area contributed by atoms with Gasteiger partial charge in [-0.3, -0.25) is 0 Å². The van der Waals surface area contributed by atoms with E-state index in [1.54, 1.807) is 0 Å². The van der Waals surface area contributed by atoms with Crippen LogP contribution in [-0.2, 0) is 0 Å². The molecule has 0 aliphatic rings. The van der Waals surface area contributed by atoms with Crippen LogP contribution in [0.1, 0.15) is 39.5 Å². The standard InChI is InChI=1S/C8H17N3/c1-8(2)6-4-3-5-7-10-11-9/h8H,3-7H2,1-2H3. The van der Waals surface area contributed by atoms with Gasteiger partial charge in [-0.15, -0.1) is 0 Å². The van der Waals surface area contributed by atoms with E-state index >= 15 is 0 Å². The molecular weight excluding hydrogens is 138 g/mol. The maximum Gasteiger partial charge on any atom is 0.0257 e. The molecule has 0 heterocycles. The van der Waals surface area contributed by atoms with Crippen molar-refractivity contribution in [1.29, 1.82) is 0 Å². The zero-order chi connectivity index (χ0) is 8.53. The Kier molecular flexibility index (Phi) is 6.95. The van der Waals surface area contributed by atoms with Gasteiger partial charge in [-0.05, 0) is 17.9 Å². The molecule has 0 unspecified atom stereocenters. The van der Waals surface area contributed by atoms with Crippen molar-refractivity contribution >= 4 is 0 Å². The second-order valence-electron chi connectivity index (χ2n) is 3.20. The zero-order valence-corrected chi connectivity index (χ0v) is 7.45. The Morgan fingerprint density at radius 2 is 2.00 bits per heavy atom. The zero-order valence-electron chi connectivity index (χ0n) is 7.45. The van der Waals surface area contributed by atoms with Crippen molar-refractivity contribution < 1.29 is 0 Å². The van der Waals surface area contributed by atoms with Crippen LogP contribution in [0.3, 0.4) is 0 Å². The molecule has 0 N–H and O–H groups in total. The molecule has 0 aromatic heterocycles. The van der Waals surface area contributed by atoms with Gasteiger partial charge in [-0.1, -0.05) is 38.2 Å². The Hall–Kier alpha value is -0.690. The van der Waals surface area contributed by atoms with Gasteiger partial charge in [0.1, 0.15) is 0 Å². The highest BCUT2D eigenvalue weighted by molar-refractivity contribution is 4.50. The number of unbranched alkanes of at least 4 members (excludes halogenated alkanes) is 2. The maximum absolute atomic E-state index is 7.97. The number of rotatable bonds is 6. The van der Waals surface area contributed by atoms with Gasteiger partial charge < -0.3 is 0 Å². The van der Waals surface area contributed by atoms with E-state index in [0.29, 0.717) is 6.54 Å². The number of azide groups is 1. The van der Waals surface area contributed by atoms with Crippen molar-refractivity contribution in [2.24, 2.45) is 11.0 Å². The summed E-state index contributed by atoms with van der Waals surface area (Å²) in [5, 5.41) is 3.47. The SMILES string of the molecule is CC(C)CCCCCN=[N+]=[N-]. The monoisotopic (exact) mass is 155 g/mol. The van der Waals surface area contributed by atoms with Gasteiger partial charge in [0, 0.05) is 11.5 Å². The molecule has 0 bridgehead atoms. The van der Waals surface area contributed by atoms with E-state index in [9.17, 15) is 0 Å². The van der Waals surface area contributed by atoms with E-state index in [1.807, 2.05) is 0 Å². The van der Waals surface area contributed by atoms with E-state index in [0.717, 1.165) is 12.3 Å². The molecule has 0 aromatic rings. The van der Waals surface area contributed by atoms with Crippen molar-refractivity contribution in [3.63, 3.8) is 0 Å². The lowest BCUT2D eigenvalue weighted by Crippen LogP contribution is -1.87. The fourth-order valence-corrected chi connectivity index (χ4v) is 0.957. The van der Waals surface area contributed by atoms with Gasteiger partial charge in [-0.25, -0.2) is 0 Å². The second-order valence-corrected chi connectivity index (χ2v) is 3.20. The molecule has 0 rings (SSSR count). The minimum absolute atomic E-state index is 0.661. The lowest BCUT2D eigenvalue weighted by atomic mass is 10.1. The Labute approximate surface area is 68.4 Å². The summed E-state index contributed by atoms with van der Waals surface area (Å²) in [5.41, 5.74) is 7.97. The fourth-order valence-electron chi connectivity index (χ4n) is 0.957. The summed E-state index contributed by atoms with van der Waals surface area (Å²) in [6.45, 7) is 5.12. The minimum Gasteiger partial charge on any atom is -0.0940 e. The van der Waals surface area contributed by atoms with Crippen LogP contribution in [0.5, 0.6) is 0 Å². The van der Waals surface area contributed by atoms with Crippen LogP contribution in [-0.4, -0.2) is 6.54 Å². The smallest absolute Gasteiger partial charge is 0.0257 e. The van der Waals surface area contributed by atoms with Crippen LogP contribution in [0.4, 0.5) is 0 Å². The van der Waals surface area contributed by atoms with E-state index in [-0.39, 0.29) is 0 Å². The molecule has 0 amide bonds. The van der Waals surface area contributed by atoms with Crippen LogP contribution in [0.15, 0.2) is 5.11 Å². The average molecular weight is 155 g/mol. The third-order valence-electron chi connectivity index (χ3n) is 1.60. The number of hydrogen-bond donors (Lipinski definition) is 0. The van der Waals surface area contributed by atoms with Gasteiger partial charge in [0.05, 0.1) is 0 Å². The highest BCUT2D eigenvalue weighted by Crippen LogP contribution is 2.07. The quantitative estimate of drug-likeness (QED) is 0.244. The highest BCUT2D eigenvalue weighted by atomic mass is 15.1. The van der Waals surface area contributed by atoms with Crippen molar-refractivity contribution in [3.8, 4) is 0 Å². The first-order valence-corrected chi connectivity index (χ1v) is 4.28. The van der Waals surface area contributed by atoms with Crippen molar-refractivity contribution in [1.82, 2.24) is 0 Å². The molecular formula is C8H17N3. The Balaban J connectivity index is 2.96. The second kappa shape index (κ2) is 7.42. The Morgan fingerprint density at radius 1 is 1.27 bits per heavy atom. The first-order valence-electron chi connectivity index (χ1n) is 4.28. The number of hydrogen-bond acceptors (Lipinski definition) is 1. The normalized spacial score (nSPS) is 9.73. The molecule has 0 fully saturated rings. The Bertz CT molecular complexity index is 125. The summed E-state index contributed by atoms with van der Waals surface area (Å²) in [4.78, 5) is 2.69. The lowest BCUT2D eigenvalue weighted by molar-refractivity contribution is 0.529. The van der Waals surface area contributed by atoms with E-state index in [1.165, 1.54) is 19.3 Å². The molecule has 3 nitrogen and oxygen atoms in total. The summed E-state index contributed by atoms with van der Waals surface area (Å²) >= 11 is 0. The van der Waals surface area contributed by atoms with Crippen molar-refractivity contribution in [2.75, 3.05) is 6.54 Å². The van der Waals surface area contributed by atoms with E-state index < -0.39 is 0 Å². The summed E-state index contributed by atoms with van der Waals surface area (Å²) in [7, 11) is 0. The topological polar surface area (TPSA) is 48.8 Å². The van der Waals surface area contributed by atoms with Crippen LogP contribution < -0.4 is 0 Å². The Morgan fingerprint density at radius 3 is 2.55 bits per heavy atom. The van der Waals surface area contributed by atoms with Crippen molar-refractivity contribution in [2.45, 2.75) is 39.5 Å². The minimum atomic E-state index is 0.661. The largest absolute Gasteiger partial charge is 0.0940 e. The molecule has 0 saturated carbocycles. The molecule has 3 heteroatoms. The van der Waals surface area contributed by atoms with Crippen LogP contribution in [0, 0.1) is 5.92 Å². The highest BCUT2D eigenvalue weighted by Gasteiger charge is 1.92. The lowest BCUT2D eigenvalue weighted by Gasteiger charge is -2.01. The molecule has 64 valence electrons. The third kappa shape index (κ3) is 9.31. The first kappa shape index (κ1) is 10.3. The van der Waals surface area contributed by atoms with Gasteiger partial charge in [-0.2, -0.15) is 0 Å². The molecule has 0 aliphatic heterocycles. The predicted octanol–water partition coefficient (Wildman–Crippen LogP) is 3.51. The predicted molar refractivity (Wildman–Crippen MR) is 47.3 cm³/mol. The molecule has 0 radical (unpaired) electrons. The molecule has 0 saturated heterocycles. The first-order chi connectivity index (χ1) is 5.27. The van der Waals surface area contributed by atoms with Gasteiger partial charge >= 0.3 is 0 Å². The summed E-state index contributed by atoms with van der Waals surface area (Å²) in [5.74, 6) is 0.800. The van der Waals surface area contributed by atoms with E-state index in [4.69, 9.17) is 5.53 Å². The molecule has 11 heavy (non-hydrogen) atoms. The van der Waals surface area contributed by atoms with Gasteiger partial charge in [0.25, 0.3) is 0 Å². The van der Waals surface area contributed by atoms with E-state index in [2.05, 4.69) is 23.9 Å². The number of nitrogens with zero attached hydrogens (tertiary/aromatic N) is 3.